The van der Waals surface area contributed by atoms with Gasteiger partial charge in [-0.3, -0.25) is 0 Å². The van der Waals surface area contributed by atoms with Crippen molar-refractivity contribution in [1.82, 2.24) is 10.9 Å². The summed E-state index contributed by atoms with van der Waals surface area (Å²) in [4.78, 5) is 13.1. The molecule has 0 bridgehead atoms. The third-order valence-electron chi connectivity index (χ3n) is 4.34. The number of nitrogens with one attached hydrogen (secondary N) is 2. The van der Waals surface area contributed by atoms with Crippen LogP contribution in [0.25, 0.3) is 0 Å². The molecule has 1 saturated heterocycles. The van der Waals surface area contributed by atoms with Crippen LogP contribution in [0.4, 0.5) is 16.2 Å². The third-order valence-corrected chi connectivity index (χ3v) is 4.34. The van der Waals surface area contributed by atoms with Crippen LogP contribution < -0.4 is 20.9 Å². The lowest BCUT2D eigenvalue weighted by atomic mass is 10.1. The maximum atomic E-state index is 13.1. The van der Waals surface area contributed by atoms with E-state index < -0.39 is 0 Å². The van der Waals surface area contributed by atoms with Gasteiger partial charge in [0.05, 0.1) is 11.4 Å². The lowest BCUT2D eigenvalue weighted by molar-refractivity contribution is 0.231. The van der Waals surface area contributed by atoms with Gasteiger partial charge in [-0.1, -0.05) is 66.2 Å². The van der Waals surface area contributed by atoms with Crippen LogP contribution in [0.15, 0.2) is 84.9 Å². The number of carbonyl (C=O) groups is 1. The Hall–Kier alpha value is -3.15. The largest absolute Gasteiger partial charge is 0.358 e. The van der Waals surface area contributed by atoms with Crippen molar-refractivity contribution in [2.75, 3.05) is 10.0 Å². The van der Waals surface area contributed by atoms with E-state index in [1.54, 1.807) is 10.0 Å². The topological polar surface area (TPSA) is 47.6 Å². The molecule has 26 heavy (non-hydrogen) atoms. The number of carbonyl (C=O) groups excluding carboxylic acids is 1. The van der Waals surface area contributed by atoms with Gasteiger partial charge in [-0.15, -0.1) is 0 Å². The molecule has 1 fully saturated rings. The Labute approximate surface area is 152 Å². The smallest absolute Gasteiger partial charge is 0.245 e. The van der Waals surface area contributed by atoms with Crippen LogP contribution in [0.2, 0.25) is 0 Å². The molecule has 0 spiro atoms. The van der Waals surface area contributed by atoms with E-state index in [0.29, 0.717) is 0 Å². The minimum Gasteiger partial charge on any atom is -0.245 e. The number of amides is 2. The molecule has 1 heterocycles. The molecule has 1 atom stereocenters. The number of urea groups is 1. The van der Waals surface area contributed by atoms with Gasteiger partial charge in [-0.25, -0.2) is 25.7 Å². The van der Waals surface area contributed by atoms with Crippen molar-refractivity contribution in [3.05, 3.63) is 96.1 Å². The molecule has 5 nitrogen and oxygen atoms in total. The molecule has 0 aromatic heterocycles. The number of hydrogen-bond donors (Lipinski definition) is 2. The van der Waals surface area contributed by atoms with E-state index in [-0.39, 0.29) is 12.2 Å². The van der Waals surface area contributed by atoms with Gasteiger partial charge in [0.25, 0.3) is 0 Å². The van der Waals surface area contributed by atoms with Gasteiger partial charge >= 0.3 is 6.03 Å². The lowest BCUT2D eigenvalue weighted by Gasteiger charge is -2.41. The molecule has 130 valence electrons. The van der Waals surface area contributed by atoms with Crippen LogP contribution in [0, 0.1) is 6.92 Å². The van der Waals surface area contributed by atoms with Gasteiger partial charge < -0.3 is 0 Å². The Bertz CT molecular complexity index is 881. The van der Waals surface area contributed by atoms with Gasteiger partial charge in [0.2, 0.25) is 0 Å². The zero-order valence-electron chi connectivity index (χ0n) is 14.5. The zero-order chi connectivity index (χ0) is 17.9. The first-order valence-corrected chi connectivity index (χ1v) is 8.55. The quantitative estimate of drug-likeness (QED) is 0.750. The highest BCUT2D eigenvalue weighted by Crippen LogP contribution is 2.25. The van der Waals surface area contributed by atoms with Gasteiger partial charge in [0.15, 0.2) is 0 Å². The number of benzene rings is 3. The number of rotatable bonds is 3. The molecule has 2 N–H and O–H groups in total. The van der Waals surface area contributed by atoms with Gasteiger partial charge in [-0.2, -0.15) is 0 Å². The van der Waals surface area contributed by atoms with E-state index >= 15 is 0 Å². The maximum absolute atomic E-state index is 13.1. The van der Waals surface area contributed by atoms with Crippen LogP contribution >= 0.6 is 0 Å². The minimum atomic E-state index is -0.240. The first-order valence-electron chi connectivity index (χ1n) is 8.55. The average Bonchev–Trinajstić information content (AvgIpc) is 2.70. The monoisotopic (exact) mass is 344 g/mol. The van der Waals surface area contributed by atoms with E-state index in [2.05, 4.69) is 10.9 Å². The maximum Gasteiger partial charge on any atom is 0.358 e. The Balaban J connectivity index is 1.73. The SMILES string of the molecule is Cc1ccc(N2NC(c3ccccc3)NN(c3ccccc3)C2=O)cc1. The summed E-state index contributed by atoms with van der Waals surface area (Å²) < 4.78 is 0. The Kier molecular flexibility index (Phi) is 4.39. The normalized spacial score (nSPS) is 17.4. The number of hydrogen-bond acceptors (Lipinski definition) is 3. The van der Waals surface area contributed by atoms with Crippen LogP contribution in [-0.4, -0.2) is 6.03 Å². The molecule has 3 aromatic rings. The molecular formula is C21H20N4O. The molecule has 4 rings (SSSR count). The summed E-state index contributed by atoms with van der Waals surface area (Å²) in [7, 11) is 0. The highest BCUT2D eigenvalue weighted by molar-refractivity contribution is 6.03. The molecule has 3 aromatic carbocycles. The predicted octanol–water partition coefficient (Wildman–Crippen LogP) is 4.15. The highest BCUT2D eigenvalue weighted by Gasteiger charge is 2.33. The zero-order valence-corrected chi connectivity index (χ0v) is 14.5. The summed E-state index contributed by atoms with van der Waals surface area (Å²) in [5.41, 5.74) is 10.3. The van der Waals surface area contributed by atoms with Crippen molar-refractivity contribution in [3.63, 3.8) is 0 Å². The third kappa shape index (κ3) is 3.18. The molecule has 0 aliphatic carbocycles. The van der Waals surface area contributed by atoms with Gasteiger partial charge in [0, 0.05) is 0 Å². The van der Waals surface area contributed by atoms with Crippen LogP contribution in [0.1, 0.15) is 17.3 Å². The average molecular weight is 344 g/mol. The first-order chi connectivity index (χ1) is 12.7. The number of anilines is 2. The van der Waals surface area contributed by atoms with Crippen molar-refractivity contribution >= 4 is 17.4 Å². The van der Waals surface area contributed by atoms with Crippen molar-refractivity contribution in [2.24, 2.45) is 0 Å². The van der Waals surface area contributed by atoms with E-state index in [1.807, 2.05) is 91.9 Å². The fourth-order valence-corrected chi connectivity index (χ4v) is 2.93. The minimum absolute atomic E-state index is 0.188. The molecular weight excluding hydrogens is 324 g/mol. The number of hydrazine groups is 2. The van der Waals surface area contributed by atoms with Crippen molar-refractivity contribution in [2.45, 2.75) is 13.1 Å². The molecule has 5 heteroatoms. The standard InChI is InChI=1S/C21H20N4O/c1-16-12-14-19(15-13-16)25-21(26)24(18-10-6-3-7-11-18)22-20(23-25)17-8-4-2-5-9-17/h2-15,20,22-23H,1H3. The van der Waals surface area contributed by atoms with E-state index in [9.17, 15) is 4.79 Å². The van der Waals surface area contributed by atoms with Crippen molar-refractivity contribution < 1.29 is 4.79 Å². The number of nitrogens with zero attached hydrogens (tertiary/aromatic N) is 2. The summed E-state index contributed by atoms with van der Waals surface area (Å²) in [5.74, 6) is 0. The van der Waals surface area contributed by atoms with Crippen LogP contribution in [0.5, 0.6) is 0 Å². The molecule has 1 aliphatic rings. The predicted molar refractivity (Wildman–Crippen MR) is 103 cm³/mol. The second-order valence-corrected chi connectivity index (χ2v) is 6.23. The summed E-state index contributed by atoms with van der Waals surface area (Å²) in [6.45, 7) is 2.03. The summed E-state index contributed by atoms with van der Waals surface area (Å²) in [6.07, 6.45) is -0.240. The van der Waals surface area contributed by atoms with E-state index in [1.165, 1.54) is 0 Å². The lowest BCUT2D eigenvalue weighted by Crippen LogP contribution is -2.65. The first kappa shape index (κ1) is 16.3. The fourth-order valence-electron chi connectivity index (χ4n) is 2.93. The molecule has 2 amide bonds. The van der Waals surface area contributed by atoms with Gasteiger partial charge in [-0.05, 0) is 36.8 Å². The Morgan fingerprint density at radius 3 is 1.77 bits per heavy atom. The Morgan fingerprint density at radius 2 is 1.19 bits per heavy atom. The second-order valence-electron chi connectivity index (χ2n) is 6.23. The van der Waals surface area contributed by atoms with Crippen molar-refractivity contribution in [3.8, 4) is 0 Å². The summed E-state index contributed by atoms with van der Waals surface area (Å²) in [5, 5.41) is 3.16. The fraction of sp³-hybridized carbons (Fsp3) is 0.0952. The van der Waals surface area contributed by atoms with E-state index in [0.717, 1.165) is 22.5 Å². The molecule has 1 aliphatic heterocycles. The molecule has 0 radical (unpaired) electrons. The van der Waals surface area contributed by atoms with E-state index in [4.69, 9.17) is 0 Å². The van der Waals surface area contributed by atoms with Crippen LogP contribution in [-0.2, 0) is 0 Å². The number of para-hydroxylation sites is 1. The molecule has 1 unspecified atom stereocenters. The van der Waals surface area contributed by atoms with Gasteiger partial charge in [0.1, 0.15) is 6.17 Å². The Morgan fingerprint density at radius 1 is 0.692 bits per heavy atom. The van der Waals surface area contributed by atoms with Crippen LogP contribution in [0.3, 0.4) is 0 Å². The summed E-state index contributed by atoms with van der Waals surface area (Å²) >= 11 is 0. The number of aryl methyl sites for hydroxylation is 1. The second kappa shape index (κ2) is 7.00. The summed E-state index contributed by atoms with van der Waals surface area (Å²) in [6, 6.07) is 27.3. The highest BCUT2D eigenvalue weighted by atomic mass is 16.2. The molecule has 0 saturated carbocycles. The van der Waals surface area contributed by atoms with Crippen molar-refractivity contribution in [1.29, 1.82) is 0 Å².